The van der Waals surface area contributed by atoms with Crippen molar-refractivity contribution in [3.8, 4) is 0 Å². The highest BCUT2D eigenvalue weighted by atomic mass is 79.9. The van der Waals surface area contributed by atoms with Gasteiger partial charge in [0.25, 0.3) is 17.5 Å². The Kier molecular flexibility index (Phi) is 5.13. The quantitative estimate of drug-likeness (QED) is 0.668. The average molecular weight is 440 g/mol. The van der Waals surface area contributed by atoms with Gasteiger partial charge in [-0.05, 0) is 24.3 Å². The summed E-state index contributed by atoms with van der Waals surface area (Å²) in [5, 5.41) is 9.90. The number of anilines is 1. The molecule has 0 atom stereocenters. The van der Waals surface area contributed by atoms with E-state index in [9.17, 15) is 23.2 Å². The predicted molar refractivity (Wildman–Crippen MR) is 96.8 cm³/mol. The van der Waals surface area contributed by atoms with Crippen molar-refractivity contribution in [2.45, 2.75) is 13.0 Å². The van der Waals surface area contributed by atoms with Crippen LogP contribution < -0.4 is 16.4 Å². The SMILES string of the molecule is Cn1nc(NC(=O)Cn2nc(C(F)F)c3cc(Br)ccc3c2=O)ccc1=O. The number of nitrogens with one attached hydrogen (secondary N) is 1. The zero-order valence-electron chi connectivity index (χ0n) is 13.8. The minimum atomic E-state index is -2.93. The highest BCUT2D eigenvalue weighted by molar-refractivity contribution is 9.10. The summed E-state index contributed by atoms with van der Waals surface area (Å²) in [5.74, 6) is -0.624. The van der Waals surface area contributed by atoms with E-state index in [1.807, 2.05) is 0 Å². The number of halogens is 3. The maximum atomic E-state index is 13.4. The summed E-state index contributed by atoms with van der Waals surface area (Å²) in [6.45, 7) is -0.588. The van der Waals surface area contributed by atoms with Gasteiger partial charge in [-0.3, -0.25) is 14.4 Å². The van der Waals surface area contributed by atoms with Crippen LogP contribution in [0.1, 0.15) is 12.1 Å². The molecule has 0 radical (unpaired) electrons. The van der Waals surface area contributed by atoms with E-state index in [4.69, 9.17) is 0 Å². The van der Waals surface area contributed by atoms with Crippen LogP contribution in [0.25, 0.3) is 10.8 Å². The molecule has 8 nitrogen and oxygen atoms in total. The lowest BCUT2D eigenvalue weighted by molar-refractivity contribution is -0.117. The summed E-state index contributed by atoms with van der Waals surface area (Å²) in [6, 6.07) is 6.80. The monoisotopic (exact) mass is 439 g/mol. The Morgan fingerprint density at radius 1 is 1.19 bits per heavy atom. The summed E-state index contributed by atoms with van der Waals surface area (Å²) in [4.78, 5) is 36.0. The van der Waals surface area contributed by atoms with E-state index in [2.05, 4.69) is 31.4 Å². The summed E-state index contributed by atoms with van der Waals surface area (Å²) >= 11 is 3.17. The van der Waals surface area contributed by atoms with E-state index >= 15 is 0 Å². The average Bonchev–Trinajstić information content (AvgIpc) is 2.60. The Morgan fingerprint density at radius 3 is 2.59 bits per heavy atom. The molecular weight excluding hydrogens is 428 g/mol. The number of fused-ring (bicyclic) bond motifs is 1. The van der Waals surface area contributed by atoms with Gasteiger partial charge in [0, 0.05) is 23.0 Å². The van der Waals surface area contributed by atoms with Crippen LogP contribution in [0.5, 0.6) is 0 Å². The predicted octanol–water partition coefficient (Wildman–Crippen LogP) is 1.83. The fourth-order valence-corrected chi connectivity index (χ4v) is 2.80. The van der Waals surface area contributed by atoms with Crippen LogP contribution in [-0.4, -0.2) is 25.5 Å². The topological polar surface area (TPSA) is 98.9 Å². The van der Waals surface area contributed by atoms with Gasteiger partial charge in [0.15, 0.2) is 5.82 Å². The number of nitrogens with zero attached hydrogens (tertiary/aromatic N) is 4. The molecule has 0 bridgehead atoms. The number of amides is 1. The zero-order valence-corrected chi connectivity index (χ0v) is 15.4. The standard InChI is InChI=1S/C16H12BrF2N5O3/c1-23-13(26)5-4-11(21-23)20-12(25)7-24-16(27)9-3-2-8(17)6-10(9)14(22-24)15(18)19/h2-6,15H,7H2,1H3,(H,20,21,25). The van der Waals surface area contributed by atoms with Gasteiger partial charge < -0.3 is 5.32 Å². The van der Waals surface area contributed by atoms with Crippen LogP contribution >= 0.6 is 15.9 Å². The second-order valence-electron chi connectivity index (χ2n) is 5.57. The molecule has 11 heteroatoms. The summed E-state index contributed by atoms with van der Waals surface area (Å²) in [7, 11) is 1.40. The van der Waals surface area contributed by atoms with E-state index in [-0.39, 0.29) is 22.1 Å². The lowest BCUT2D eigenvalue weighted by Crippen LogP contribution is -2.31. The Hall–Kier alpha value is -2.95. The summed E-state index contributed by atoms with van der Waals surface area (Å²) < 4.78 is 29.0. The van der Waals surface area contributed by atoms with E-state index in [0.717, 1.165) is 4.68 Å². The van der Waals surface area contributed by atoms with Gasteiger partial charge in [0.05, 0.1) is 5.39 Å². The van der Waals surface area contributed by atoms with Gasteiger partial charge in [-0.15, -0.1) is 0 Å². The van der Waals surface area contributed by atoms with Crippen LogP contribution in [0.3, 0.4) is 0 Å². The Labute approximate surface area is 158 Å². The maximum absolute atomic E-state index is 13.4. The molecule has 140 valence electrons. The molecule has 1 N–H and O–H groups in total. The molecule has 2 heterocycles. The molecule has 0 unspecified atom stereocenters. The van der Waals surface area contributed by atoms with E-state index in [1.54, 1.807) is 0 Å². The smallest absolute Gasteiger partial charge is 0.282 e. The van der Waals surface area contributed by atoms with Gasteiger partial charge in [0.2, 0.25) is 5.91 Å². The van der Waals surface area contributed by atoms with Gasteiger partial charge in [-0.25, -0.2) is 18.1 Å². The molecule has 0 aliphatic carbocycles. The lowest BCUT2D eigenvalue weighted by Gasteiger charge is -2.11. The van der Waals surface area contributed by atoms with Gasteiger partial charge in [0.1, 0.15) is 12.2 Å². The van der Waals surface area contributed by atoms with Crippen molar-refractivity contribution in [2.24, 2.45) is 7.05 Å². The van der Waals surface area contributed by atoms with Crippen molar-refractivity contribution in [3.63, 3.8) is 0 Å². The molecule has 0 spiro atoms. The third kappa shape index (κ3) is 3.92. The van der Waals surface area contributed by atoms with Gasteiger partial charge >= 0.3 is 0 Å². The maximum Gasteiger partial charge on any atom is 0.282 e. The van der Waals surface area contributed by atoms with Crippen LogP contribution in [0.4, 0.5) is 14.6 Å². The van der Waals surface area contributed by atoms with Crippen LogP contribution in [0.15, 0.2) is 44.4 Å². The summed E-state index contributed by atoms with van der Waals surface area (Å²) in [6.07, 6.45) is -2.93. The third-order valence-electron chi connectivity index (χ3n) is 3.68. The molecule has 1 aromatic carbocycles. The number of rotatable bonds is 4. The number of carbonyl (C=O) groups excluding carboxylic acids is 1. The number of hydrogen-bond acceptors (Lipinski definition) is 5. The molecule has 1 amide bonds. The van der Waals surface area contributed by atoms with Crippen molar-refractivity contribution in [1.29, 1.82) is 0 Å². The van der Waals surface area contributed by atoms with E-state index < -0.39 is 30.1 Å². The van der Waals surface area contributed by atoms with Crippen molar-refractivity contribution in [2.75, 3.05) is 5.32 Å². The minimum Gasteiger partial charge on any atom is -0.308 e. The normalized spacial score (nSPS) is 11.1. The molecule has 0 aliphatic heterocycles. The van der Waals surface area contributed by atoms with Crippen molar-refractivity contribution >= 4 is 38.4 Å². The number of alkyl halides is 2. The molecule has 3 aromatic rings. The Balaban J connectivity index is 1.96. The minimum absolute atomic E-state index is 0.0146. The van der Waals surface area contributed by atoms with Crippen LogP contribution in [0, 0.1) is 0 Å². The van der Waals surface area contributed by atoms with E-state index in [1.165, 1.54) is 37.4 Å². The van der Waals surface area contributed by atoms with Gasteiger partial charge in [-0.2, -0.15) is 10.2 Å². The Bertz CT molecular complexity index is 1160. The van der Waals surface area contributed by atoms with Crippen molar-refractivity contribution < 1.29 is 13.6 Å². The number of benzene rings is 1. The molecule has 0 saturated heterocycles. The second-order valence-corrected chi connectivity index (χ2v) is 6.48. The van der Waals surface area contributed by atoms with Crippen LogP contribution in [0.2, 0.25) is 0 Å². The fourth-order valence-electron chi connectivity index (χ4n) is 2.44. The number of aromatic nitrogens is 4. The first-order chi connectivity index (χ1) is 12.8. The van der Waals surface area contributed by atoms with Crippen molar-refractivity contribution in [1.82, 2.24) is 19.6 Å². The number of aryl methyl sites for hydroxylation is 1. The molecular formula is C16H12BrF2N5O3. The largest absolute Gasteiger partial charge is 0.308 e. The zero-order chi connectivity index (χ0) is 19.7. The van der Waals surface area contributed by atoms with Crippen LogP contribution in [-0.2, 0) is 18.4 Å². The molecule has 0 fully saturated rings. The highest BCUT2D eigenvalue weighted by Crippen LogP contribution is 2.26. The highest BCUT2D eigenvalue weighted by Gasteiger charge is 2.19. The summed E-state index contributed by atoms with van der Waals surface area (Å²) in [5.41, 5.74) is -1.64. The molecule has 3 rings (SSSR count). The van der Waals surface area contributed by atoms with Crippen molar-refractivity contribution in [3.05, 3.63) is 61.2 Å². The third-order valence-corrected chi connectivity index (χ3v) is 4.17. The fraction of sp³-hybridized carbons (Fsp3) is 0.188. The Morgan fingerprint density at radius 2 is 1.93 bits per heavy atom. The number of carbonyl (C=O) groups is 1. The van der Waals surface area contributed by atoms with Gasteiger partial charge in [-0.1, -0.05) is 15.9 Å². The molecule has 2 aromatic heterocycles. The molecule has 27 heavy (non-hydrogen) atoms. The molecule has 0 aliphatic rings. The lowest BCUT2D eigenvalue weighted by atomic mass is 10.1. The molecule has 0 saturated carbocycles. The second kappa shape index (κ2) is 7.35. The first kappa shape index (κ1) is 18.8. The number of hydrogen-bond donors (Lipinski definition) is 1. The first-order valence-electron chi connectivity index (χ1n) is 7.59. The van der Waals surface area contributed by atoms with E-state index in [0.29, 0.717) is 9.15 Å². The first-order valence-corrected chi connectivity index (χ1v) is 8.38.